The molecule has 0 spiro atoms. The number of furan rings is 1. The van der Waals surface area contributed by atoms with E-state index in [-0.39, 0.29) is 12.0 Å². The van der Waals surface area contributed by atoms with E-state index in [1.807, 2.05) is 45.0 Å². The van der Waals surface area contributed by atoms with Crippen molar-refractivity contribution in [2.24, 2.45) is 0 Å². The Bertz CT molecular complexity index is 1700. The fourth-order valence-electron chi connectivity index (χ4n) is 4.84. The highest BCUT2D eigenvalue weighted by Gasteiger charge is 2.26. The number of amides is 3. The lowest BCUT2D eigenvalue weighted by molar-refractivity contribution is 0.0240. The summed E-state index contributed by atoms with van der Waals surface area (Å²) in [6.07, 6.45) is 0.626. The van der Waals surface area contributed by atoms with Crippen molar-refractivity contribution in [2.45, 2.75) is 52.7 Å². The number of rotatable bonds is 5. The van der Waals surface area contributed by atoms with Gasteiger partial charge < -0.3 is 29.0 Å². The molecule has 3 heterocycles. The van der Waals surface area contributed by atoms with Crippen molar-refractivity contribution in [3.05, 3.63) is 72.5 Å². The molecule has 11 nitrogen and oxygen atoms in total. The van der Waals surface area contributed by atoms with Gasteiger partial charge >= 0.3 is 12.2 Å². The minimum Gasteiger partial charge on any atom is -0.464 e. The molecular formula is C34H39N5O6. The van der Waals surface area contributed by atoms with Gasteiger partial charge in [-0.2, -0.15) is 0 Å². The predicted molar refractivity (Wildman–Crippen MR) is 174 cm³/mol. The summed E-state index contributed by atoms with van der Waals surface area (Å²) < 4.78 is 16.4. The zero-order valence-corrected chi connectivity index (χ0v) is 26.5. The van der Waals surface area contributed by atoms with Crippen LogP contribution in [0.25, 0.3) is 22.2 Å². The normalized spacial score (nSPS) is 13.8. The lowest BCUT2D eigenvalue weighted by Gasteiger charge is -2.36. The van der Waals surface area contributed by atoms with Crippen LogP contribution in [-0.2, 0) is 9.47 Å². The second-order valence-electron chi connectivity index (χ2n) is 12.9. The summed E-state index contributed by atoms with van der Waals surface area (Å²) in [4.78, 5) is 47.1. The monoisotopic (exact) mass is 613 g/mol. The minimum absolute atomic E-state index is 0.306. The smallest absolute Gasteiger partial charge is 0.412 e. The lowest BCUT2D eigenvalue weighted by Crippen LogP contribution is -2.50. The van der Waals surface area contributed by atoms with Gasteiger partial charge in [-0.3, -0.25) is 10.1 Å². The molecule has 236 valence electrons. The molecule has 2 aromatic heterocycles. The number of nitrogens with one attached hydrogen (secondary N) is 2. The van der Waals surface area contributed by atoms with Crippen LogP contribution in [0.2, 0.25) is 0 Å². The summed E-state index contributed by atoms with van der Waals surface area (Å²) >= 11 is 0. The van der Waals surface area contributed by atoms with E-state index < -0.39 is 17.3 Å². The molecule has 1 aliphatic rings. The van der Waals surface area contributed by atoms with E-state index in [0.29, 0.717) is 48.9 Å². The quantitative estimate of drug-likeness (QED) is 0.243. The highest BCUT2D eigenvalue weighted by molar-refractivity contribution is 6.08. The van der Waals surface area contributed by atoms with E-state index in [4.69, 9.17) is 18.9 Å². The first-order valence-electron chi connectivity index (χ1n) is 14.9. The van der Waals surface area contributed by atoms with Crippen molar-refractivity contribution in [3.8, 4) is 11.3 Å². The van der Waals surface area contributed by atoms with Crippen LogP contribution in [0.3, 0.4) is 0 Å². The predicted octanol–water partition coefficient (Wildman–Crippen LogP) is 7.15. The molecule has 0 atom stereocenters. The van der Waals surface area contributed by atoms with Crippen LogP contribution in [-0.4, -0.2) is 65.4 Å². The third-order valence-corrected chi connectivity index (χ3v) is 6.90. The van der Waals surface area contributed by atoms with Crippen LogP contribution in [0.1, 0.15) is 51.9 Å². The van der Waals surface area contributed by atoms with Gasteiger partial charge in [0.25, 0.3) is 5.91 Å². The van der Waals surface area contributed by atoms with Gasteiger partial charge in [-0.25, -0.2) is 14.6 Å². The number of anilines is 3. The highest BCUT2D eigenvalue weighted by atomic mass is 16.6. The summed E-state index contributed by atoms with van der Waals surface area (Å²) in [5, 5.41) is 6.46. The zero-order valence-electron chi connectivity index (χ0n) is 26.5. The Morgan fingerprint density at radius 2 is 1.53 bits per heavy atom. The average molecular weight is 614 g/mol. The van der Waals surface area contributed by atoms with Gasteiger partial charge in [-0.1, -0.05) is 0 Å². The number of benzene rings is 2. The van der Waals surface area contributed by atoms with E-state index in [1.54, 1.807) is 68.3 Å². The topological polar surface area (TPSA) is 126 Å². The largest absolute Gasteiger partial charge is 0.464 e. The Balaban J connectivity index is 1.30. The second kappa shape index (κ2) is 12.5. The average Bonchev–Trinajstić information content (AvgIpc) is 3.51. The fourth-order valence-corrected chi connectivity index (χ4v) is 4.84. The third kappa shape index (κ3) is 8.11. The van der Waals surface area contributed by atoms with E-state index >= 15 is 0 Å². The number of carbonyl (C=O) groups is 3. The van der Waals surface area contributed by atoms with Crippen molar-refractivity contribution in [1.82, 2.24) is 9.88 Å². The summed E-state index contributed by atoms with van der Waals surface area (Å²) in [6, 6.07) is 18.0. The number of ether oxygens (including phenoxy) is 2. The molecule has 5 rings (SSSR count). The number of carbonyl (C=O) groups excluding carboxylic acids is 3. The van der Waals surface area contributed by atoms with Crippen LogP contribution in [0.15, 0.2) is 71.3 Å². The molecule has 45 heavy (non-hydrogen) atoms. The summed E-state index contributed by atoms with van der Waals surface area (Å²) in [5.41, 5.74) is 1.44. The van der Waals surface area contributed by atoms with Gasteiger partial charge in [0, 0.05) is 42.7 Å². The molecular weight excluding hydrogens is 574 g/mol. The molecule has 2 aromatic carbocycles. The van der Waals surface area contributed by atoms with Gasteiger partial charge in [0.2, 0.25) is 0 Å². The van der Waals surface area contributed by atoms with Crippen LogP contribution in [0, 0.1) is 0 Å². The Hall–Kier alpha value is -5.06. The van der Waals surface area contributed by atoms with Gasteiger partial charge in [0.15, 0.2) is 0 Å². The van der Waals surface area contributed by atoms with Gasteiger partial charge in [-0.15, -0.1) is 0 Å². The van der Waals surface area contributed by atoms with Crippen LogP contribution >= 0.6 is 0 Å². The first kappa shape index (κ1) is 31.4. The van der Waals surface area contributed by atoms with Crippen molar-refractivity contribution < 1.29 is 28.3 Å². The molecule has 0 unspecified atom stereocenters. The van der Waals surface area contributed by atoms with Crippen molar-refractivity contribution in [2.75, 3.05) is 41.7 Å². The molecule has 3 amide bonds. The van der Waals surface area contributed by atoms with E-state index in [2.05, 4.69) is 15.5 Å². The number of piperazine rings is 1. The summed E-state index contributed by atoms with van der Waals surface area (Å²) in [6.45, 7) is 13.3. The number of nitrogens with zero attached hydrogens (tertiary/aromatic N) is 3. The third-order valence-electron chi connectivity index (χ3n) is 6.90. The van der Waals surface area contributed by atoms with Crippen molar-refractivity contribution in [1.29, 1.82) is 0 Å². The van der Waals surface area contributed by atoms with Crippen molar-refractivity contribution in [3.63, 3.8) is 0 Å². The van der Waals surface area contributed by atoms with Gasteiger partial charge in [0.05, 0.1) is 23.2 Å². The first-order valence-corrected chi connectivity index (χ1v) is 14.9. The number of fused-ring (bicyclic) bond motifs is 1. The summed E-state index contributed by atoms with van der Waals surface area (Å²) in [7, 11) is 0. The van der Waals surface area contributed by atoms with Crippen LogP contribution in [0.5, 0.6) is 0 Å². The van der Waals surface area contributed by atoms with E-state index in [9.17, 15) is 14.4 Å². The molecule has 0 saturated carbocycles. The molecule has 1 saturated heterocycles. The maximum Gasteiger partial charge on any atom is 0.412 e. The Morgan fingerprint density at radius 1 is 0.800 bits per heavy atom. The minimum atomic E-state index is -0.685. The number of aromatic nitrogens is 1. The molecule has 0 aliphatic carbocycles. The maximum absolute atomic E-state index is 13.5. The Kier molecular flexibility index (Phi) is 8.72. The molecule has 0 bridgehead atoms. The number of pyridine rings is 1. The SMILES string of the molecule is CC(C)(C)OC(=O)Nc1ccc(-c2ccco2)cc1NC(=O)c1ccc2nc(N3CCN(C(=O)OC(C)(C)C)CC3)ccc2c1. The zero-order chi connectivity index (χ0) is 32.4. The summed E-state index contributed by atoms with van der Waals surface area (Å²) in [5.74, 6) is 1.06. The Morgan fingerprint density at radius 3 is 2.20 bits per heavy atom. The maximum atomic E-state index is 13.5. The highest BCUT2D eigenvalue weighted by Crippen LogP contribution is 2.31. The van der Waals surface area contributed by atoms with Gasteiger partial charge in [0.1, 0.15) is 22.8 Å². The molecule has 2 N–H and O–H groups in total. The lowest BCUT2D eigenvalue weighted by atomic mass is 10.1. The van der Waals surface area contributed by atoms with Crippen LogP contribution < -0.4 is 15.5 Å². The second-order valence-corrected chi connectivity index (χ2v) is 12.9. The van der Waals surface area contributed by atoms with Crippen molar-refractivity contribution >= 4 is 46.2 Å². The number of hydrogen-bond donors (Lipinski definition) is 2. The molecule has 4 aromatic rings. The molecule has 0 radical (unpaired) electrons. The Labute approximate surface area is 262 Å². The number of hydrogen-bond acceptors (Lipinski definition) is 8. The fraction of sp³-hybridized carbons (Fsp3) is 0.353. The van der Waals surface area contributed by atoms with Gasteiger partial charge in [-0.05, 0) is 102 Å². The standard InChI is InChI=1S/C34H39N5O6/c1-33(2,3)44-31(41)37-26-13-9-23(28-8-7-19-43-28)21-27(26)36-30(40)24-10-12-25-22(20-24)11-14-29(35-25)38-15-17-39(18-16-38)32(42)45-34(4,5)6/h7-14,19-21H,15-18H2,1-6H3,(H,36,40)(H,37,41). The van der Waals surface area contributed by atoms with E-state index in [0.717, 1.165) is 22.3 Å². The molecule has 11 heteroatoms. The van der Waals surface area contributed by atoms with E-state index in [1.165, 1.54) is 0 Å². The first-order chi connectivity index (χ1) is 21.2. The molecule has 1 fully saturated rings. The van der Waals surface area contributed by atoms with Crippen LogP contribution in [0.4, 0.5) is 26.8 Å². The molecule has 1 aliphatic heterocycles.